The SMILES string of the molecule is CCc1cc(C(O)Cc2nc3ccccc3s2)c(OC)nc1C. The van der Waals surface area contributed by atoms with E-state index >= 15 is 0 Å². The standard InChI is InChI=1S/C18H20N2O2S/c1-4-12-9-13(18(22-3)19-11(12)2)15(21)10-17-20-14-7-5-6-8-16(14)23-17/h5-9,15,21H,4,10H2,1-3H3. The highest BCUT2D eigenvalue weighted by Gasteiger charge is 2.19. The van der Waals surface area contributed by atoms with Crippen molar-refractivity contribution in [2.75, 3.05) is 7.11 Å². The lowest BCUT2D eigenvalue weighted by atomic mass is 10.0. The number of ether oxygens (including phenoxy) is 1. The second kappa shape index (κ2) is 6.64. The van der Waals surface area contributed by atoms with E-state index in [1.54, 1.807) is 18.4 Å². The van der Waals surface area contributed by atoms with Gasteiger partial charge < -0.3 is 9.84 Å². The summed E-state index contributed by atoms with van der Waals surface area (Å²) in [7, 11) is 1.58. The van der Waals surface area contributed by atoms with Crippen molar-refractivity contribution in [2.24, 2.45) is 0 Å². The molecule has 0 saturated heterocycles. The largest absolute Gasteiger partial charge is 0.481 e. The molecule has 0 aliphatic rings. The van der Waals surface area contributed by atoms with E-state index in [0.29, 0.717) is 12.3 Å². The zero-order chi connectivity index (χ0) is 16.4. The predicted molar refractivity (Wildman–Crippen MR) is 93.2 cm³/mol. The Labute approximate surface area is 139 Å². The Morgan fingerprint density at radius 2 is 2.04 bits per heavy atom. The zero-order valence-electron chi connectivity index (χ0n) is 13.5. The van der Waals surface area contributed by atoms with Crippen LogP contribution in [0.3, 0.4) is 0 Å². The summed E-state index contributed by atoms with van der Waals surface area (Å²) in [6.45, 7) is 4.05. The fourth-order valence-electron chi connectivity index (χ4n) is 2.69. The Hall–Kier alpha value is -1.98. The number of para-hydroxylation sites is 1. The van der Waals surface area contributed by atoms with Gasteiger partial charge in [0, 0.05) is 17.7 Å². The van der Waals surface area contributed by atoms with Gasteiger partial charge in [-0.25, -0.2) is 9.97 Å². The number of thiazole rings is 1. The first kappa shape index (κ1) is 15.9. The number of fused-ring (bicyclic) bond motifs is 1. The molecule has 1 N–H and O–H groups in total. The van der Waals surface area contributed by atoms with E-state index in [-0.39, 0.29) is 0 Å². The van der Waals surface area contributed by atoms with Gasteiger partial charge in [-0.3, -0.25) is 0 Å². The summed E-state index contributed by atoms with van der Waals surface area (Å²) in [5.74, 6) is 0.494. The van der Waals surface area contributed by atoms with Gasteiger partial charge >= 0.3 is 0 Å². The van der Waals surface area contributed by atoms with Crippen molar-refractivity contribution in [3.63, 3.8) is 0 Å². The van der Waals surface area contributed by atoms with Gasteiger partial charge in [0.05, 0.1) is 28.4 Å². The number of benzene rings is 1. The maximum atomic E-state index is 10.7. The molecule has 0 amide bonds. The number of aliphatic hydroxyl groups excluding tert-OH is 1. The second-order valence-corrected chi connectivity index (χ2v) is 6.60. The molecule has 0 aliphatic heterocycles. The summed E-state index contributed by atoms with van der Waals surface area (Å²) in [5.41, 5.74) is 3.78. The molecule has 0 saturated carbocycles. The van der Waals surface area contributed by atoms with Crippen molar-refractivity contribution >= 4 is 21.6 Å². The molecule has 3 aromatic rings. The predicted octanol–water partition coefficient (Wildman–Crippen LogP) is 3.85. The molecule has 0 spiro atoms. The van der Waals surface area contributed by atoms with E-state index in [4.69, 9.17) is 4.74 Å². The van der Waals surface area contributed by atoms with Crippen LogP contribution in [0.15, 0.2) is 30.3 Å². The number of pyridine rings is 1. The molecule has 3 rings (SSSR count). The molecule has 5 heteroatoms. The molecule has 120 valence electrons. The molecule has 1 unspecified atom stereocenters. The third kappa shape index (κ3) is 3.21. The summed E-state index contributed by atoms with van der Waals surface area (Å²) >= 11 is 1.61. The topological polar surface area (TPSA) is 55.2 Å². The minimum Gasteiger partial charge on any atom is -0.481 e. The zero-order valence-corrected chi connectivity index (χ0v) is 14.4. The average molecular weight is 328 g/mol. The van der Waals surface area contributed by atoms with Crippen LogP contribution in [0, 0.1) is 6.92 Å². The van der Waals surface area contributed by atoms with E-state index < -0.39 is 6.10 Å². The Kier molecular flexibility index (Phi) is 4.59. The molecule has 0 aliphatic carbocycles. The minimum atomic E-state index is -0.677. The number of rotatable bonds is 5. The first-order valence-corrected chi connectivity index (χ1v) is 8.51. The first-order valence-electron chi connectivity index (χ1n) is 7.69. The molecule has 4 nitrogen and oxygen atoms in total. The van der Waals surface area contributed by atoms with Crippen LogP contribution in [0.2, 0.25) is 0 Å². The number of hydrogen-bond donors (Lipinski definition) is 1. The molecule has 23 heavy (non-hydrogen) atoms. The van der Waals surface area contributed by atoms with Crippen molar-refractivity contribution in [1.29, 1.82) is 0 Å². The normalized spacial score (nSPS) is 12.5. The van der Waals surface area contributed by atoms with Crippen LogP contribution in [0.4, 0.5) is 0 Å². The van der Waals surface area contributed by atoms with Gasteiger partial charge in [0.25, 0.3) is 0 Å². The van der Waals surface area contributed by atoms with Crippen LogP contribution in [0.1, 0.15) is 34.9 Å². The Bertz CT molecular complexity index is 796. The van der Waals surface area contributed by atoms with Crippen LogP contribution in [-0.2, 0) is 12.8 Å². The molecular weight excluding hydrogens is 308 g/mol. The lowest BCUT2D eigenvalue weighted by molar-refractivity contribution is 0.172. The lowest BCUT2D eigenvalue weighted by Crippen LogP contribution is -2.08. The van der Waals surface area contributed by atoms with Gasteiger partial charge in [-0.15, -0.1) is 11.3 Å². The monoisotopic (exact) mass is 328 g/mol. The fraction of sp³-hybridized carbons (Fsp3) is 0.333. The summed E-state index contributed by atoms with van der Waals surface area (Å²) < 4.78 is 6.49. The van der Waals surface area contributed by atoms with E-state index in [9.17, 15) is 5.11 Å². The van der Waals surface area contributed by atoms with E-state index in [1.165, 1.54) is 0 Å². The third-order valence-corrected chi connectivity index (χ3v) is 5.01. The van der Waals surface area contributed by atoms with Crippen LogP contribution in [0.5, 0.6) is 5.88 Å². The molecule has 1 atom stereocenters. The van der Waals surface area contributed by atoms with Gasteiger partial charge in [-0.1, -0.05) is 19.1 Å². The third-order valence-electron chi connectivity index (χ3n) is 3.95. The highest BCUT2D eigenvalue weighted by molar-refractivity contribution is 7.18. The summed E-state index contributed by atoms with van der Waals surface area (Å²) in [5, 5.41) is 11.6. The Morgan fingerprint density at radius 3 is 2.74 bits per heavy atom. The molecule has 0 fully saturated rings. The molecule has 2 heterocycles. The first-order chi connectivity index (χ1) is 11.1. The number of aryl methyl sites for hydroxylation is 2. The number of aliphatic hydroxyl groups is 1. The maximum absolute atomic E-state index is 10.7. The molecule has 0 bridgehead atoms. The van der Waals surface area contributed by atoms with Crippen LogP contribution < -0.4 is 4.74 Å². The highest BCUT2D eigenvalue weighted by Crippen LogP contribution is 2.31. The van der Waals surface area contributed by atoms with Crippen LogP contribution in [-0.4, -0.2) is 22.2 Å². The maximum Gasteiger partial charge on any atom is 0.219 e. The van der Waals surface area contributed by atoms with Crippen LogP contribution in [0.25, 0.3) is 10.2 Å². The Balaban J connectivity index is 1.91. The van der Waals surface area contributed by atoms with Crippen LogP contribution >= 0.6 is 11.3 Å². The van der Waals surface area contributed by atoms with Gasteiger partial charge in [0.15, 0.2) is 0 Å². The smallest absolute Gasteiger partial charge is 0.219 e. The molecule has 0 radical (unpaired) electrons. The van der Waals surface area contributed by atoms with E-state index in [2.05, 4.69) is 16.9 Å². The average Bonchev–Trinajstić information content (AvgIpc) is 2.96. The van der Waals surface area contributed by atoms with Crippen molar-refractivity contribution in [1.82, 2.24) is 9.97 Å². The van der Waals surface area contributed by atoms with Gasteiger partial charge in [0.1, 0.15) is 0 Å². The lowest BCUT2D eigenvalue weighted by Gasteiger charge is -2.15. The summed E-state index contributed by atoms with van der Waals surface area (Å²) in [6, 6.07) is 10.0. The van der Waals surface area contributed by atoms with Crippen molar-refractivity contribution < 1.29 is 9.84 Å². The number of nitrogens with zero attached hydrogens (tertiary/aromatic N) is 2. The number of hydrogen-bond acceptors (Lipinski definition) is 5. The fourth-order valence-corrected chi connectivity index (χ4v) is 3.69. The van der Waals surface area contributed by atoms with Crippen molar-refractivity contribution in [2.45, 2.75) is 32.8 Å². The second-order valence-electron chi connectivity index (χ2n) is 5.48. The van der Waals surface area contributed by atoms with E-state index in [1.807, 2.05) is 37.3 Å². The number of aromatic nitrogens is 2. The van der Waals surface area contributed by atoms with Gasteiger partial charge in [-0.05, 0) is 37.1 Å². The summed E-state index contributed by atoms with van der Waals surface area (Å²) in [6.07, 6.45) is 0.664. The highest BCUT2D eigenvalue weighted by atomic mass is 32.1. The van der Waals surface area contributed by atoms with E-state index in [0.717, 1.165) is 38.5 Å². The van der Waals surface area contributed by atoms with Crippen molar-refractivity contribution in [3.05, 3.63) is 52.2 Å². The quantitative estimate of drug-likeness (QED) is 0.773. The van der Waals surface area contributed by atoms with Crippen molar-refractivity contribution in [3.8, 4) is 5.88 Å². The number of methoxy groups -OCH3 is 1. The van der Waals surface area contributed by atoms with Gasteiger partial charge in [0.2, 0.25) is 5.88 Å². The summed E-state index contributed by atoms with van der Waals surface area (Å²) in [4.78, 5) is 9.06. The molecular formula is C18H20N2O2S. The minimum absolute atomic E-state index is 0.462. The molecule has 2 aromatic heterocycles. The van der Waals surface area contributed by atoms with Gasteiger partial charge in [-0.2, -0.15) is 0 Å². The molecule has 1 aromatic carbocycles. The Morgan fingerprint density at radius 1 is 1.26 bits per heavy atom.